The third-order valence-electron chi connectivity index (χ3n) is 3.27. The zero-order chi connectivity index (χ0) is 15.4. The Bertz CT molecular complexity index is 765. The molecule has 1 N–H and O–H groups in total. The molecule has 5 nitrogen and oxygen atoms in total. The van der Waals surface area contributed by atoms with Gasteiger partial charge in [0.15, 0.2) is 0 Å². The van der Waals surface area contributed by atoms with Gasteiger partial charge in [-0.25, -0.2) is 4.79 Å². The van der Waals surface area contributed by atoms with Gasteiger partial charge in [-0.15, -0.1) is 0 Å². The molecule has 0 aliphatic rings. The molecule has 0 aliphatic carbocycles. The van der Waals surface area contributed by atoms with Crippen molar-refractivity contribution < 1.29 is 9.53 Å². The Hall–Kier alpha value is -2.95. The summed E-state index contributed by atoms with van der Waals surface area (Å²) in [6.07, 6.45) is 3.38. The summed E-state index contributed by atoms with van der Waals surface area (Å²) >= 11 is 0. The van der Waals surface area contributed by atoms with Crippen LogP contribution in [0.15, 0.2) is 54.9 Å². The van der Waals surface area contributed by atoms with E-state index in [0.717, 1.165) is 16.8 Å². The Kier molecular flexibility index (Phi) is 3.96. The van der Waals surface area contributed by atoms with Crippen molar-refractivity contribution in [2.75, 3.05) is 6.61 Å². The summed E-state index contributed by atoms with van der Waals surface area (Å²) in [7, 11) is 0. The van der Waals surface area contributed by atoms with Crippen LogP contribution >= 0.6 is 0 Å². The van der Waals surface area contributed by atoms with Crippen LogP contribution in [0.2, 0.25) is 0 Å². The molecule has 110 valence electrons. The molecule has 0 saturated carbocycles. The van der Waals surface area contributed by atoms with Gasteiger partial charge in [0, 0.05) is 18.0 Å². The third kappa shape index (κ3) is 2.74. The topological polar surface area (TPSA) is 67.9 Å². The highest BCUT2D eigenvalue weighted by Crippen LogP contribution is 2.25. The standard InChI is InChI=1S/C17H15N3O2/c1-2-22-17(21)14-4-3-10-18-16(14)13-7-5-12(6-8-13)15-9-11-19-20-15/h3-11H,2H2,1H3,(H,19,20). The van der Waals surface area contributed by atoms with E-state index >= 15 is 0 Å². The highest BCUT2D eigenvalue weighted by atomic mass is 16.5. The van der Waals surface area contributed by atoms with Gasteiger partial charge in [0.1, 0.15) is 0 Å². The van der Waals surface area contributed by atoms with Crippen molar-refractivity contribution in [1.29, 1.82) is 0 Å². The fourth-order valence-corrected chi connectivity index (χ4v) is 2.23. The third-order valence-corrected chi connectivity index (χ3v) is 3.27. The first-order valence-electron chi connectivity index (χ1n) is 7.02. The molecule has 22 heavy (non-hydrogen) atoms. The van der Waals surface area contributed by atoms with Crippen LogP contribution in [0, 0.1) is 0 Å². The number of carbonyl (C=O) groups is 1. The Morgan fingerprint density at radius 1 is 1.09 bits per heavy atom. The van der Waals surface area contributed by atoms with Crippen LogP contribution in [0.5, 0.6) is 0 Å². The maximum Gasteiger partial charge on any atom is 0.340 e. The second kappa shape index (κ2) is 6.22. The Labute approximate surface area is 128 Å². The molecule has 0 amide bonds. The molecule has 1 aromatic carbocycles. The van der Waals surface area contributed by atoms with E-state index in [9.17, 15) is 4.79 Å². The number of esters is 1. The van der Waals surface area contributed by atoms with E-state index in [1.807, 2.05) is 30.3 Å². The summed E-state index contributed by atoms with van der Waals surface area (Å²) < 4.78 is 5.08. The number of nitrogens with one attached hydrogen (secondary N) is 1. The van der Waals surface area contributed by atoms with Crippen molar-refractivity contribution >= 4 is 5.97 Å². The van der Waals surface area contributed by atoms with Crippen LogP contribution < -0.4 is 0 Å². The van der Waals surface area contributed by atoms with Gasteiger partial charge >= 0.3 is 5.97 Å². The SMILES string of the molecule is CCOC(=O)c1cccnc1-c1ccc(-c2ccn[nH]2)cc1. The van der Waals surface area contributed by atoms with Crippen LogP contribution in [0.25, 0.3) is 22.5 Å². The van der Waals surface area contributed by atoms with Crippen molar-refractivity contribution in [3.63, 3.8) is 0 Å². The highest BCUT2D eigenvalue weighted by Gasteiger charge is 2.14. The van der Waals surface area contributed by atoms with Crippen LogP contribution in [-0.2, 0) is 4.74 Å². The lowest BCUT2D eigenvalue weighted by Gasteiger charge is -2.08. The van der Waals surface area contributed by atoms with Gasteiger partial charge in [0.2, 0.25) is 0 Å². The summed E-state index contributed by atoms with van der Waals surface area (Å²) in [5, 5.41) is 6.86. The van der Waals surface area contributed by atoms with Crippen molar-refractivity contribution in [3.05, 3.63) is 60.4 Å². The molecule has 2 aromatic heterocycles. The van der Waals surface area contributed by atoms with Gasteiger partial charge in [0.05, 0.1) is 23.6 Å². The minimum atomic E-state index is -0.358. The van der Waals surface area contributed by atoms with E-state index in [1.165, 1.54) is 0 Å². The first kappa shape index (κ1) is 14.0. The van der Waals surface area contributed by atoms with E-state index in [1.54, 1.807) is 31.5 Å². The Morgan fingerprint density at radius 2 is 1.86 bits per heavy atom. The number of aromatic amines is 1. The zero-order valence-electron chi connectivity index (χ0n) is 12.1. The number of rotatable bonds is 4. The fourth-order valence-electron chi connectivity index (χ4n) is 2.23. The van der Waals surface area contributed by atoms with Gasteiger partial charge in [-0.05, 0) is 30.7 Å². The summed E-state index contributed by atoms with van der Waals surface area (Å²) in [6, 6.07) is 13.2. The van der Waals surface area contributed by atoms with E-state index in [-0.39, 0.29) is 5.97 Å². The highest BCUT2D eigenvalue weighted by molar-refractivity contribution is 5.96. The van der Waals surface area contributed by atoms with E-state index in [4.69, 9.17) is 4.74 Å². The lowest BCUT2D eigenvalue weighted by atomic mass is 10.0. The van der Waals surface area contributed by atoms with Gasteiger partial charge in [-0.1, -0.05) is 24.3 Å². The van der Waals surface area contributed by atoms with Crippen LogP contribution in [0.1, 0.15) is 17.3 Å². The summed E-state index contributed by atoms with van der Waals surface area (Å²) in [5.41, 5.74) is 3.93. The number of benzene rings is 1. The average molecular weight is 293 g/mol. The van der Waals surface area contributed by atoms with Gasteiger partial charge in [-0.3, -0.25) is 10.1 Å². The lowest BCUT2D eigenvalue weighted by Crippen LogP contribution is -2.07. The summed E-state index contributed by atoms with van der Waals surface area (Å²) in [6.45, 7) is 2.12. The molecular weight excluding hydrogens is 278 g/mol. The minimum Gasteiger partial charge on any atom is -0.462 e. The number of hydrogen-bond acceptors (Lipinski definition) is 4. The van der Waals surface area contributed by atoms with Crippen LogP contribution in [0.3, 0.4) is 0 Å². The number of carbonyl (C=O) groups excluding carboxylic acids is 1. The number of nitrogens with zero attached hydrogens (tertiary/aromatic N) is 2. The second-order valence-electron chi connectivity index (χ2n) is 4.67. The van der Waals surface area contributed by atoms with Crippen LogP contribution in [-0.4, -0.2) is 27.8 Å². The molecule has 0 atom stereocenters. The molecule has 5 heteroatoms. The van der Waals surface area contributed by atoms with Crippen molar-refractivity contribution in [3.8, 4) is 22.5 Å². The Morgan fingerprint density at radius 3 is 2.55 bits per heavy atom. The molecule has 3 rings (SSSR count). The normalized spacial score (nSPS) is 10.4. The molecule has 0 unspecified atom stereocenters. The molecule has 2 heterocycles. The molecular formula is C17H15N3O2. The van der Waals surface area contributed by atoms with E-state index in [0.29, 0.717) is 17.9 Å². The van der Waals surface area contributed by atoms with E-state index < -0.39 is 0 Å². The molecule has 0 aliphatic heterocycles. The lowest BCUT2D eigenvalue weighted by molar-refractivity contribution is 0.0527. The number of hydrogen-bond donors (Lipinski definition) is 1. The van der Waals surface area contributed by atoms with Gasteiger partial charge in [0.25, 0.3) is 0 Å². The smallest absolute Gasteiger partial charge is 0.340 e. The second-order valence-corrected chi connectivity index (χ2v) is 4.67. The number of ether oxygens (including phenoxy) is 1. The maximum absolute atomic E-state index is 12.0. The molecule has 0 bridgehead atoms. The van der Waals surface area contributed by atoms with Gasteiger partial charge < -0.3 is 4.74 Å². The average Bonchev–Trinajstić information content (AvgIpc) is 3.10. The molecule has 0 saturated heterocycles. The number of H-pyrrole nitrogens is 1. The largest absolute Gasteiger partial charge is 0.462 e. The number of aromatic nitrogens is 3. The van der Waals surface area contributed by atoms with Crippen molar-refractivity contribution in [2.24, 2.45) is 0 Å². The first-order chi connectivity index (χ1) is 10.8. The summed E-state index contributed by atoms with van der Waals surface area (Å²) in [5.74, 6) is -0.358. The fraction of sp³-hybridized carbons (Fsp3) is 0.118. The predicted octanol–water partition coefficient (Wildman–Crippen LogP) is 3.32. The quantitative estimate of drug-likeness (QED) is 0.749. The van der Waals surface area contributed by atoms with Crippen molar-refractivity contribution in [1.82, 2.24) is 15.2 Å². The van der Waals surface area contributed by atoms with Crippen LogP contribution in [0.4, 0.5) is 0 Å². The van der Waals surface area contributed by atoms with E-state index in [2.05, 4.69) is 15.2 Å². The number of pyridine rings is 1. The zero-order valence-corrected chi connectivity index (χ0v) is 12.1. The van der Waals surface area contributed by atoms with Crippen molar-refractivity contribution in [2.45, 2.75) is 6.92 Å². The van der Waals surface area contributed by atoms with Gasteiger partial charge in [-0.2, -0.15) is 5.10 Å². The maximum atomic E-state index is 12.0. The Balaban J connectivity index is 1.96. The molecule has 0 radical (unpaired) electrons. The molecule has 3 aromatic rings. The molecule has 0 spiro atoms. The predicted molar refractivity (Wildman–Crippen MR) is 83.2 cm³/mol. The minimum absolute atomic E-state index is 0.339. The molecule has 0 fully saturated rings. The first-order valence-corrected chi connectivity index (χ1v) is 7.02. The monoisotopic (exact) mass is 293 g/mol. The summed E-state index contributed by atoms with van der Waals surface area (Å²) in [4.78, 5) is 16.3.